The van der Waals surface area contributed by atoms with Crippen molar-refractivity contribution in [2.24, 2.45) is 0 Å². The minimum Gasteiger partial charge on any atom is -0.389 e. The van der Waals surface area contributed by atoms with Gasteiger partial charge >= 0.3 is 0 Å². The van der Waals surface area contributed by atoms with E-state index < -0.39 is 24.4 Å². The summed E-state index contributed by atoms with van der Waals surface area (Å²) in [7, 11) is 0. The van der Waals surface area contributed by atoms with Crippen molar-refractivity contribution in [2.45, 2.75) is 56.7 Å². The molecule has 3 rings (SSSR count). The molecule has 0 saturated carbocycles. The van der Waals surface area contributed by atoms with Crippen LogP contribution in [0, 0.1) is 0 Å². The lowest BCUT2D eigenvalue weighted by atomic mass is 10.0. The van der Waals surface area contributed by atoms with Gasteiger partial charge in [-0.1, -0.05) is 61.4 Å². The molecular formula is C25H35NO5. The third-order valence-electron chi connectivity index (χ3n) is 5.84. The van der Waals surface area contributed by atoms with Crippen LogP contribution in [0.1, 0.15) is 31.2 Å². The number of β-amino-alcohol motifs (C(OH)–C–C–N with tert-alkyl or cyclic N) is 2. The van der Waals surface area contributed by atoms with Gasteiger partial charge in [0.2, 0.25) is 0 Å². The monoisotopic (exact) mass is 429 g/mol. The van der Waals surface area contributed by atoms with E-state index in [1.54, 1.807) is 0 Å². The van der Waals surface area contributed by atoms with Gasteiger partial charge in [-0.05, 0) is 42.1 Å². The fourth-order valence-electron chi connectivity index (χ4n) is 4.01. The molecule has 2 aromatic rings. The first-order valence-corrected chi connectivity index (χ1v) is 11.2. The van der Waals surface area contributed by atoms with Gasteiger partial charge in [0.15, 0.2) is 0 Å². The lowest BCUT2D eigenvalue weighted by molar-refractivity contribution is -0.0894. The molecule has 0 spiro atoms. The highest BCUT2D eigenvalue weighted by atomic mass is 16.5. The summed E-state index contributed by atoms with van der Waals surface area (Å²) in [6.45, 7) is 2.57. The molecule has 1 saturated heterocycles. The van der Waals surface area contributed by atoms with E-state index in [0.717, 1.165) is 38.8 Å². The van der Waals surface area contributed by atoms with E-state index in [1.165, 1.54) is 16.7 Å². The Morgan fingerprint density at radius 1 is 0.742 bits per heavy atom. The molecule has 0 amide bonds. The molecule has 31 heavy (non-hydrogen) atoms. The van der Waals surface area contributed by atoms with Gasteiger partial charge in [-0.3, -0.25) is 4.90 Å². The van der Waals surface area contributed by atoms with E-state index in [9.17, 15) is 20.4 Å². The summed E-state index contributed by atoms with van der Waals surface area (Å²) in [6, 6.07) is 18.8. The number of aliphatic hydroxyl groups excluding tert-OH is 4. The van der Waals surface area contributed by atoms with Crippen LogP contribution in [0.3, 0.4) is 0 Å². The lowest BCUT2D eigenvalue weighted by Crippen LogP contribution is -2.43. The fraction of sp³-hybridized carbons (Fsp3) is 0.520. The van der Waals surface area contributed by atoms with E-state index in [0.29, 0.717) is 6.61 Å². The van der Waals surface area contributed by atoms with Gasteiger partial charge in [-0.2, -0.15) is 0 Å². The predicted octanol–water partition coefficient (Wildman–Crippen LogP) is 2.19. The first kappa shape index (κ1) is 23.9. The van der Waals surface area contributed by atoms with Gasteiger partial charge in [0.25, 0.3) is 0 Å². The minimum absolute atomic E-state index is 0.264. The number of rotatable bonds is 10. The molecule has 0 bridgehead atoms. The maximum Gasteiger partial charge on any atom is 0.110 e. The Kier molecular flexibility index (Phi) is 9.46. The molecule has 1 heterocycles. The highest BCUT2D eigenvalue weighted by molar-refractivity contribution is 5.63. The summed E-state index contributed by atoms with van der Waals surface area (Å²) in [6.07, 6.45) is -0.682. The third kappa shape index (κ3) is 7.38. The number of hydrogen-bond donors (Lipinski definition) is 4. The first-order valence-electron chi connectivity index (χ1n) is 11.2. The molecule has 0 aliphatic carbocycles. The van der Waals surface area contributed by atoms with Gasteiger partial charge in [0.05, 0.1) is 18.8 Å². The van der Waals surface area contributed by atoms with E-state index in [2.05, 4.69) is 36.4 Å². The number of nitrogens with zero attached hydrogens (tertiary/aromatic N) is 1. The van der Waals surface area contributed by atoms with Crippen molar-refractivity contribution in [1.82, 2.24) is 4.90 Å². The molecule has 0 aromatic heterocycles. The number of ether oxygens (including phenoxy) is 1. The van der Waals surface area contributed by atoms with Crippen molar-refractivity contribution in [1.29, 1.82) is 0 Å². The molecule has 4 N–H and O–H groups in total. The Balaban J connectivity index is 1.28. The molecule has 170 valence electrons. The van der Waals surface area contributed by atoms with Crippen LogP contribution in [0.15, 0.2) is 54.6 Å². The molecule has 6 nitrogen and oxygen atoms in total. The summed E-state index contributed by atoms with van der Waals surface area (Å²) in [4.78, 5) is 1.91. The van der Waals surface area contributed by atoms with Crippen LogP contribution < -0.4 is 0 Å². The van der Waals surface area contributed by atoms with Gasteiger partial charge < -0.3 is 25.2 Å². The summed E-state index contributed by atoms with van der Waals surface area (Å²) >= 11 is 0. The highest BCUT2D eigenvalue weighted by Gasteiger charge is 2.35. The Labute approximate surface area is 184 Å². The van der Waals surface area contributed by atoms with Crippen molar-refractivity contribution < 1.29 is 25.2 Å². The summed E-state index contributed by atoms with van der Waals surface area (Å²) < 4.78 is 5.84. The lowest BCUT2D eigenvalue weighted by Gasteiger charge is -2.23. The number of hydrogen-bond acceptors (Lipinski definition) is 6. The van der Waals surface area contributed by atoms with Crippen LogP contribution in [0.2, 0.25) is 0 Å². The Hall–Kier alpha value is -1.80. The summed E-state index contributed by atoms with van der Waals surface area (Å²) in [5.41, 5.74) is 3.58. The number of aliphatic hydroxyl groups is 4. The number of benzene rings is 2. The van der Waals surface area contributed by atoms with Crippen molar-refractivity contribution in [3.8, 4) is 11.1 Å². The zero-order valence-electron chi connectivity index (χ0n) is 18.0. The average Bonchev–Trinajstić information content (AvgIpc) is 2.88. The summed E-state index contributed by atoms with van der Waals surface area (Å²) in [5.74, 6) is 0. The fourth-order valence-corrected chi connectivity index (χ4v) is 4.01. The predicted molar refractivity (Wildman–Crippen MR) is 120 cm³/mol. The summed E-state index contributed by atoms with van der Waals surface area (Å²) in [5, 5.41) is 39.3. The molecule has 1 aliphatic rings. The Morgan fingerprint density at radius 3 is 2.10 bits per heavy atom. The van der Waals surface area contributed by atoms with Crippen LogP contribution >= 0.6 is 0 Å². The Morgan fingerprint density at radius 2 is 1.39 bits per heavy atom. The van der Waals surface area contributed by atoms with Gasteiger partial charge in [-0.15, -0.1) is 0 Å². The smallest absolute Gasteiger partial charge is 0.110 e. The zero-order valence-corrected chi connectivity index (χ0v) is 18.0. The zero-order chi connectivity index (χ0) is 22.1. The van der Waals surface area contributed by atoms with Crippen molar-refractivity contribution in [2.75, 3.05) is 26.2 Å². The average molecular weight is 430 g/mol. The molecule has 6 heteroatoms. The molecule has 4 atom stereocenters. The number of unbranched alkanes of at least 4 members (excludes halogenated alkanes) is 3. The SMILES string of the molecule is O[C@H]1[C@H](O)[C@@H](O)CN(CCCCCCOCc2cccc(-c3ccccc3)c2)C[C@@H]1O. The molecule has 0 unspecified atom stereocenters. The normalized spacial score (nSPS) is 24.8. The topological polar surface area (TPSA) is 93.4 Å². The number of likely N-dealkylation sites (tertiary alicyclic amines) is 1. The van der Waals surface area contributed by atoms with E-state index in [-0.39, 0.29) is 13.1 Å². The van der Waals surface area contributed by atoms with Crippen molar-refractivity contribution >= 4 is 0 Å². The van der Waals surface area contributed by atoms with Gasteiger partial charge in [-0.25, -0.2) is 0 Å². The van der Waals surface area contributed by atoms with Crippen molar-refractivity contribution in [3.63, 3.8) is 0 Å². The second-order valence-electron chi connectivity index (χ2n) is 8.41. The first-order chi connectivity index (χ1) is 15.0. The van der Waals surface area contributed by atoms with E-state index in [1.807, 2.05) is 23.1 Å². The molecule has 1 aliphatic heterocycles. The van der Waals surface area contributed by atoms with E-state index in [4.69, 9.17) is 4.74 Å². The van der Waals surface area contributed by atoms with Gasteiger partial charge in [0.1, 0.15) is 12.2 Å². The van der Waals surface area contributed by atoms with Crippen LogP contribution in [0.25, 0.3) is 11.1 Å². The van der Waals surface area contributed by atoms with Crippen LogP contribution in [0.4, 0.5) is 0 Å². The van der Waals surface area contributed by atoms with E-state index >= 15 is 0 Å². The molecule has 1 fully saturated rings. The second kappa shape index (κ2) is 12.3. The van der Waals surface area contributed by atoms with Crippen LogP contribution in [-0.4, -0.2) is 76.0 Å². The largest absolute Gasteiger partial charge is 0.389 e. The van der Waals surface area contributed by atoms with Crippen molar-refractivity contribution in [3.05, 3.63) is 60.2 Å². The molecule has 2 aromatic carbocycles. The van der Waals surface area contributed by atoms with Crippen LogP contribution in [0.5, 0.6) is 0 Å². The minimum atomic E-state index is -1.30. The maximum atomic E-state index is 9.91. The van der Waals surface area contributed by atoms with Gasteiger partial charge in [0, 0.05) is 19.7 Å². The maximum absolute atomic E-state index is 9.91. The standard InChI is InChI=1S/C25H35NO5/c27-22-16-26(17-23(28)25(30)24(22)29)13-6-1-2-7-14-31-18-19-9-8-12-21(15-19)20-10-4-3-5-11-20/h3-5,8-12,15,22-25,27-30H,1-2,6-7,13-14,16-18H2/t22-,23-,24+,25+/m0/s1. The Bertz CT molecular complexity index is 756. The second-order valence-corrected chi connectivity index (χ2v) is 8.41. The quantitative estimate of drug-likeness (QED) is 0.433. The van der Waals surface area contributed by atoms with Crippen LogP contribution in [-0.2, 0) is 11.3 Å². The third-order valence-corrected chi connectivity index (χ3v) is 5.84. The highest BCUT2D eigenvalue weighted by Crippen LogP contribution is 2.20. The molecule has 0 radical (unpaired) electrons. The molecular weight excluding hydrogens is 394 g/mol.